The zero-order valence-electron chi connectivity index (χ0n) is 17.1. The van der Waals surface area contributed by atoms with Crippen LogP contribution in [0.1, 0.15) is 32.9 Å². The van der Waals surface area contributed by atoms with Crippen LogP contribution in [0.25, 0.3) is 0 Å². The Bertz CT molecular complexity index is 1200. The maximum absolute atomic E-state index is 12.8. The molecule has 1 N–H and O–H groups in total. The zero-order valence-corrected chi connectivity index (χ0v) is 17.9. The van der Waals surface area contributed by atoms with E-state index in [0.29, 0.717) is 34.5 Å². The van der Waals surface area contributed by atoms with Crippen molar-refractivity contribution in [3.63, 3.8) is 0 Å². The van der Waals surface area contributed by atoms with Crippen LogP contribution in [0.5, 0.6) is 5.75 Å². The van der Waals surface area contributed by atoms with Crippen molar-refractivity contribution < 1.29 is 14.1 Å². The number of nitrogens with zero attached hydrogens (tertiary/aromatic N) is 3. The van der Waals surface area contributed by atoms with Crippen molar-refractivity contribution in [2.45, 2.75) is 27.0 Å². The fourth-order valence-electron chi connectivity index (χ4n) is 3.08. The van der Waals surface area contributed by atoms with Crippen LogP contribution in [0.3, 0.4) is 0 Å². The van der Waals surface area contributed by atoms with E-state index in [-0.39, 0.29) is 12.3 Å². The van der Waals surface area contributed by atoms with E-state index in [9.17, 15) is 4.79 Å². The maximum atomic E-state index is 12.8. The number of rotatable bonds is 7. The third kappa shape index (κ3) is 4.95. The van der Waals surface area contributed by atoms with Crippen LogP contribution >= 0.6 is 11.6 Å². The number of halogens is 1. The Morgan fingerprint density at radius 1 is 1.13 bits per heavy atom. The molecule has 2 aromatic heterocycles. The second kappa shape index (κ2) is 9.06. The van der Waals surface area contributed by atoms with Crippen molar-refractivity contribution in [2.75, 3.05) is 5.32 Å². The van der Waals surface area contributed by atoms with Crippen LogP contribution in [0.2, 0.25) is 5.02 Å². The second-order valence-electron chi connectivity index (χ2n) is 7.09. The van der Waals surface area contributed by atoms with E-state index in [1.54, 1.807) is 41.9 Å². The van der Waals surface area contributed by atoms with Gasteiger partial charge in [0.25, 0.3) is 5.91 Å². The minimum atomic E-state index is -0.410. The number of ether oxygens (including phenoxy) is 1. The predicted octanol–water partition coefficient (Wildman–Crippen LogP) is 5.02. The van der Waals surface area contributed by atoms with E-state index < -0.39 is 5.91 Å². The molecule has 0 atom stereocenters. The molecule has 0 bridgehead atoms. The number of carbonyl (C=O) groups excluding carboxylic acids is 1. The van der Waals surface area contributed by atoms with Crippen molar-refractivity contribution >= 4 is 23.3 Å². The number of carbonyl (C=O) groups is 1. The molecule has 1 amide bonds. The van der Waals surface area contributed by atoms with Gasteiger partial charge in [-0.25, -0.2) is 0 Å². The minimum Gasteiger partial charge on any atom is -0.489 e. The monoisotopic (exact) mass is 436 g/mol. The lowest BCUT2D eigenvalue weighted by Gasteiger charge is -2.07. The smallest absolute Gasteiger partial charge is 0.279 e. The molecule has 0 radical (unpaired) electrons. The van der Waals surface area contributed by atoms with E-state index >= 15 is 0 Å². The molecule has 0 spiro atoms. The first kappa shape index (κ1) is 20.7. The number of anilines is 1. The molecular weight excluding hydrogens is 416 g/mol. The molecule has 7 nitrogen and oxygen atoms in total. The molecule has 0 aliphatic carbocycles. The number of hydrogen-bond acceptors (Lipinski definition) is 5. The van der Waals surface area contributed by atoms with Gasteiger partial charge in [0.1, 0.15) is 18.1 Å². The molecule has 0 saturated carbocycles. The lowest BCUT2D eigenvalue weighted by atomic mass is 10.1. The third-order valence-electron chi connectivity index (χ3n) is 4.87. The number of aromatic nitrogens is 3. The lowest BCUT2D eigenvalue weighted by molar-refractivity contribution is 0.101. The Morgan fingerprint density at radius 2 is 1.90 bits per heavy atom. The highest BCUT2D eigenvalue weighted by atomic mass is 35.5. The van der Waals surface area contributed by atoms with Crippen molar-refractivity contribution in [1.82, 2.24) is 14.9 Å². The van der Waals surface area contributed by atoms with E-state index in [4.69, 9.17) is 20.9 Å². The molecule has 4 rings (SSSR count). The first-order valence-corrected chi connectivity index (χ1v) is 10.1. The molecule has 0 unspecified atom stereocenters. The number of amides is 1. The van der Waals surface area contributed by atoms with Crippen LogP contribution in [0.15, 0.2) is 65.3 Å². The van der Waals surface area contributed by atoms with Crippen LogP contribution in [0.4, 0.5) is 5.82 Å². The topological polar surface area (TPSA) is 82.2 Å². The molecule has 2 heterocycles. The fourth-order valence-corrected chi connectivity index (χ4v) is 3.21. The summed E-state index contributed by atoms with van der Waals surface area (Å²) in [5.41, 5.74) is 3.09. The summed E-state index contributed by atoms with van der Waals surface area (Å²) in [6.07, 6.45) is 1.82. The highest BCUT2D eigenvalue weighted by Crippen LogP contribution is 2.20. The molecule has 4 aromatic rings. The van der Waals surface area contributed by atoms with Gasteiger partial charge in [-0.3, -0.25) is 9.48 Å². The van der Waals surface area contributed by atoms with Crippen molar-refractivity contribution in [3.8, 4) is 5.75 Å². The summed E-state index contributed by atoms with van der Waals surface area (Å²) in [6, 6.07) is 16.8. The molecule has 0 aliphatic rings. The predicted molar refractivity (Wildman–Crippen MR) is 117 cm³/mol. The van der Waals surface area contributed by atoms with Gasteiger partial charge in [-0.2, -0.15) is 5.10 Å². The molecule has 2 aromatic carbocycles. The van der Waals surface area contributed by atoms with Gasteiger partial charge >= 0.3 is 0 Å². The van der Waals surface area contributed by atoms with Gasteiger partial charge in [0, 0.05) is 17.3 Å². The van der Waals surface area contributed by atoms with Crippen LogP contribution < -0.4 is 10.1 Å². The summed E-state index contributed by atoms with van der Waals surface area (Å²) < 4.78 is 12.7. The van der Waals surface area contributed by atoms with Gasteiger partial charge in [0.15, 0.2) is 11.5 Å². The molecule has 8 heteroatoms. The Kier molecular flexibility index (Phi) is 6.04. The largest absolute Gasteiger partial charge is 0.489 e. The van der Waals surface area contributed by atoms with Crippen LogP contribution in [0, 0.1) is 13.8 Å². The van der Waals surface area contributed by atoms with E-state index in [1.165, 1.54) is 5.56 Å². The molecular formula is C23H21ClN4O3. The van der Waals surface area contributed by atoms with Crippen molar-refractivity contribution in [2.24, 2.45) is 0 Å². The highest BCUT2D eigenvalue weighted by molar-refractivity contribution is 6.30. The highest BCUT2D eigenvalue weighted by Gasteiger charge is 2.21. The average molecular weight is 437 g/mol. The van der Waals surface area contributed by atoms with Crippen LogP contribution in [-0.2, 0) is 13.2 Å². The Labute approximate surface area is 184 Å². The Balaban J connectivity index is 1.43. The molecule has 0 fully saturated rings. The van der Waals surface area contributed by atoms with Crippen LogP contribution in [-0.4, -0.2) is 20.8 Å². The lowest BCUT2D eigenvalue weighted by Crippen LogP contribution is -2.16. The van der Waals surface area contributed by atoms with Gasteiger partial charge in [0.05, 0.1) is 12.1 Å². The summed E-state index contributed by atoms with van der Waals surface area (Å²) >= 11 is 5.89. The molecule has 31 heavy (non-hydrogen) atoms. The van der Waals surface area contributed by atoms with E-state index in [1.807, 2.05) is 18.3 Å². The standard InChI is InChI=1S/C23H21ClN4O3/c1-15-5-3-4-6-17(15)13-28-12-11-21(26-28)25-23(29)22-20(16(2)31-27-22)14-30-19-9-7-18(24)8-10-19/h3-12H,13-14H2,1-2H3,(H,25,26,29). The normalized spacial score (nSPS) is 10.8. The van der Waals surface area contributed by atoms with Gasteiger partial charge in [-0.15, -0.1) is 0 Å². The number of aryl methyl sites for hydroxylation is 2. The van der Waals surface area contributed by atoms with E-state index in [2.05, 4.69) is 34.6 Å². The molecule has 0 aliphatic heterocycles. The number of benzene rings is 2. The average Bonchev–Trinajstić information content (AvgIpc) is 3.35. The summed E-state index contributed by atoms with van der Waals surface area (Å²) in [5.74, 6) is 1.17. The third-order valence-corrected chi connectivity index (χ3v) is 5.12. The zero-order chi connectivity index (χ0) is 21.8. The Hall–Kier alpha value is -3.58. The minimum absolute atomic E-state index is 0.140. The summed E-state index contributed by atoms with van der Waals surface area (Å²) in [6.45, 7) is 4.55. The van der Waals surface area contributed by atoms with Gasteiger partial charge in [-0.05, 0) is 49.2 Å². The number of hydrogen-bond donors (Lipinski definition) is 1. The SMILES string of the molecule is Cc1ccccc1Cn1ccc(NC(=O)c2noc(C)c2COc2ccc(Cl)cc2)n1. The molecule has 158 valence electrons. The quantitative estimate of drug-likeness (QED) is 0.439. The van der Waals surface area contributed by atoms with E-state index in [0.717, 1.165) is 5.56 Å². The summed E-state index contributed by atoms with van der Waals surface area (Å²) in [7, 11) is 0. The first-order chi connectivity index (χ1) is 15.0. The maximum Gasteiger partial charge on any atom is 0.279 e. The number of nitrogens with one attached hydrogen (secondary N) is 1. The first-order valence-electron chi connectivity index (χ1n) is 9.72. The van der Waals surface area contributed by atoms with Gasteiger partial charge < -0.3 is 14.6 Å². The molecule has 0 saturated heterocycles. The summed E-state index contributed by atoms with van der Waals surface area (Å²) in [5, 5.41) is 11.7. The second-order valence-corrected chi connectivity index (χ2v) is 7.52. The summed E-state index contributed by atoms with van der Waals surface area (Å²) in [4.78, 5) is 12.8. The van der Waals surface area contributed by atoms with Crippen molar-refractivity contribution in [3.05, 3.63) is 94.0 Å². The van der Waals surface area contributed by atoms with Crippen molar-refractivity contribution in [1.29, 1.82) is 0 Å². The fraction of sp³-hybridized carbons (Fsp3) is 0.174. The van der Waals surface area contributed by atoms with Gasteiger partial charge in [0.2, 0.25) is 0 Å². The van der Waals surface area contributed by atoms with Gasteiger partial charge in [-0.1, -0.05) is 41.0 Å². The Morgan fingerprint density at radius 3 is 2.68 bits per heavy atom.